The van der Waals surface area contributed by atoms with Gasteiger partial charge in [0.2, 0.25) is 0 Å². The van der Waals surface area contributed by atoms with Crippen LogP contribution >= 0.6 is 22.6 Å². The van der Waals surface area contributed by atoms with Crippen LogP contribution in [0.25, 0.3) is 11.1 Å². The summed E-state index contributed by atoms with van der Waals surface area (Å²) in [5, 5.41) is 0. The molecule has 2 heteroatoms. The average molecular weight is 453 g/mol. The summed E-state index contributed by atoms with van der Waals surface area (Å²) in [6.45, 7) is 3.16. The average Bonchev–Trinajstić information content (AvgIpc) is 2.68. The number of aryl methyl sites for hydroxylation is 1. The van der Waals surface area contributed by atoms with E-state index in [1.54, 1.807) is 0 Å². The number of halogens is 1. The molecule has 0 aliphatic carbocycles. The highest BCUT2D eigenvalue weighted by molar-refractivity contribution is 14.1. The molecular weight excluding hydrogens is 429 g/mol. The second-order valence-corrected chi connectivity index (χ2v) is 8.09. The molecule has 0 spiro atoms. The van der Waals surface area contributed by atoms with Crippen LogP contribution in [0, 0.1) is 6.92 Å². The van der Waals surface area contributed by atoms with Crippen LogP contribution in [0.2, 0.25) is 0 Å². The van der Waals surface area contributed by atoms with Gasteiger partial charge in [0, 0.05) is 23.1 Å². The molecule has 0 aromatic heterocycles. The maximum atomic E-state index is 2.66. The highest BCUT2D eigenvalue weighted by atomic mass is 127. The van der Waals surface area contributed by atoms with Gasteiger partial charge in [-0.3, -0.25) is 4.90 Å². The summed E-state index contributed by atoms with van der Waals surface area (Å²) >= 11 is 2.53. The van der Waals surface area contributed by atoms with Gasteiger partial charge in [0.1, 0.15) is 0 Å². The van der Waals surface area contributed by atoms with Gasteiger partial charge in [-0.1, -0.05) is 107 Å². The maximum Gasteiger partial charge on any atom is 0.0370 e. The number of hydrogen-bond acceptors (Lipinski definition) is 1. The Morgan fingerprint density at radius 2 is 1.46 bits per heavy atom. The van der Waals surface area contributed by atoms with Gasteiger partial charge < -0.3 is 0 Å². The molecular formula is C24H24IN. The Labute approximate surface area is 170 Å². The molecule has 26 heavy (non-hydrogen) atoms. The van der Waals surface area contributed by atoms with Crippen LogP contribution in [0.3, 0.4) is 0 Å². The Balaban J connectivity index is 1.49. The minimum absolute atomic E-state index is 0.563. The Morgan fingerprint density at radius 1 is 0.846 bits per heavy atom. The highest BCUT2D eigenvalue weighted by Gasteiger charge is 2.37. The fraction of sp³-hybridized carbons (Fsp3) is 0.250. The second kappa shape index (κ2) is 7.93. The van der Waals surface area contributed by atoms with Gasteiger partial charge in [0.15, 0.2) is 0 Å². The lowest BCUT2D eigenvalue weighted by molar-refractivity contribution is 0.0211. The van der Waals surface area contributed by atoms with Crippen LogP contribution in [-0.2, 0) is 6.54 Å². The van der Waals surface area contributed by atoms with Crippen LogP contribution in [-0.4, -0.2) is 15.4 Å². The molecule has 0 N–H and O–H groups in total. The number of benzene rings is 3. The molecule has 1 aliphatic heterocycles. The van der Waals surface area contributed by atoms with Crippen molar-refractivity contribution in [3.05, 3.63) is 95.6 Å². The molecule has 0 bridgehead atoms. The molecule has 3 aromatic carbocycles. The van der Waals surface area contributed by atoms with Crippen molar-refractivity contribution >= 4 is 22.6 Å². The van der Waals surface area contributed by atoms with Crippen LogP contribution in [0.4, 0.5) is 0 Å². The van der Waals surface area contributed by atoms with Gasteiger partial charge >= 0.3 is 0 Å². The van der Waals surface area contributed by atoms with Crippen molar-refractivity contribution in [3.8, 4) is 11.1 Å². The molecule has 4 rings (SSSR count). The predicted octanol–water partition coefficient (Wildman–Crippen LogP) is 6.41. The topological polar surface area (TPSA) is 3.24 Å². The third-order valence-corrected chi connectivity index (χ3v) is 6.45. The zero-order valence-electron chi connectivity index (χ0n) is 15.1. The number of hydrogen-bond donors (Lipinski definition) is 0. The highest BCUT2D eigenvalue weighted by Crippen LogP contribution is 2.40. The smallest absolute Gasteiger partial charge is 0.0370 e. The number of nitrogens with zero attached hydrogens (tertiary/aromatic N) is 1. The van der Waals surface area contributed by atoms with Gasteiger partial charge in [0.25, 0.3) is 0 Å². The van der Waals surface area contributed by atoms with Crippen LogP contribution < -0.4 is 0 Å². The van der Waals surface area contributed by atoms with E-state index in [1.165, 1.54) is 38.7 Å². The summed E-state index contributed by atoms with van der Waals surface area (Å²) < 4.78 is 1.20. The van der Waals surface area contributed by atoms with Crippen LogP contribution in [0.1, 0.15) is 29.2 Å². The molecule has 0 unspecified atom stereocenters. The molecule has 1 fully saturated rings. The third-order valence-electron chi connectivity index (χ3n) is 5.43. The van der Waals surface area contributed by atoms with E-state index in [0.29, 0.717) is 12.1 Å². The largest absolute Gasteiger partial charge is 0.288 e. The first kappa shape index (κ1) is 17.7. The summed E-state index contributed by atoms with van der Waals surface area (Å²) in [5.41, 5.74) is 6.74. The van der Waals surface area contributed by atoms with Gasteiger partial charge in [-0.2, -0.15) is 0 Å². The van der Waals surface area contributed by atoms with E-state index in [0.717, 1.165) is 6.54 Å². The minimum atomic E-state index is 0.563. The van der Waals surface area contributed by atoms with E-state index < -0.39 is 0 Å². The molecule has 1 heterocycles. The Bertz CT molecular complexity index is 840. The van der Waals surface area contributed by atoms with Crippen molar-refractivity contribution in [2.75, 3.05) is 4.43 Å². The fourth-order valence-corrected chi connectivity index (χ4v) is 4.66. The van der Waals surface area contributed by atoms with Crippen molar-refractivity contribution in [3.63, 3.8) is 0 Å². The van der Waals surface area contributed by atoms with E-state index in [1.807, 2.05) is 0 Å². The van der Waals surface area contributed by atoms with E-state index in [2.05, 4.69) is 113 Å². The summed E-state index contributed by atoms with van der Waals surface area (Å²) in [4.78, 5) is 2.66. The van der Waals surface area contributed by atoms with Crippen molar-refractivity contribution in [2.45, 2.75) is 32.0 Å². The van der Waals surface area contributed by atoms with Crippen LogP contribution in [0.5, 0.6) is 0 Å². The van der Waals surface area contributed by atoms with Crippen LogP contribution in [0.15, 0.2) is 78.9 Å². The molecule has 1 aliphatic rings. The molecule has 0 saturated carbocycles. The summed E-state index contributed by atoms with van der Waals surface area (Å²) in [6, 6.07) is 30.1. The van der Waals surface area contributed by atoms with Crippen molar-refractivity contribution in [1.82, 2.24) is 4.90 Å². The first-order valence-electron chi connectivity index (χ1n) is 9.27. The number of alkyl halides is 1. The summed E-state index contributed by atoms with van der Waals surface area (Å²) in [7, 11) is 0. The third kappa shape index (κ3) is 3.72. The molecule has 1 saturated heterocycles. The molecule has 0 radical (unpaired) electrons. The van der Waals surface area contributed by atoms with Gasteiger partial charge in [0.05, 0.1) is 0 Å². The lowest BCUT2D eigenvalue weighted by Crippen LogP contribution is -2.50. The van der Waals surface area contributed by atoms with E-state index in [4.69, 9.17) is 0 Å². The Morgan fingerprint density at radius 3 is 2.08 bits per heavy atom. The fourth-order valence-electron chi connectivity index (χ4n) is 3.80. The number of likely N-dealkylation sites (tertiary alicyclic amines) is 1. The molecule has 132 valence electrons. The SMILES string of the molecule is Cc1ccc(-c2ccc(CN3[C@H](CI)C[C@@H]3c3ccccc3)cc2)cc1. The predicted molar refractivity (Wildman–Crippen MR) is 119 cm³/mol. The van der Waals surface area contributed by atoms with Gasteiger partial charge in [-0.15, -0.1) is 0 Å². The molecule has 3 aromatic rings. The van der Waals surface area contributed by atoms with Gasteiger partial charge in [-0.05, 0) is 35.6 Å². The Hall–Kier alpha value is -1.65. The van der Waals surface area contributed by atoms with Gasteiger partial charge in [-0.25, -0.2) is 0 Å². The van der Waals surface area contributed by atoms with E-state index >= 15 is 0 Å². The lowest BCUT2D eigenvalue weighted by Gasteiger charge is -2.48. The van der Waals surface area contributed by atoms with Crippen molar-refractivity contribution in [1.29, 1.82) is 0 Å². The summed E-state index contributed by atoms with van der Waals surface area (Å²) in [5.74, 6) is 0. The number of rotatable bonds is 5. The summed E-state index contributed by atoms with van der Waals surface area (Å²) in [6.07, 6.45) is 1.27. The maximum absolute atomic E-state index is 2.66. The zero-order valence-corrected chi connectivity index (χ0v) is 17.3. The van der Waals surface area contributed by atoms with Crippen molar-refractivity contribution < 1.29 is 0 Å². The first-order chi connectivity index (χ1) is 12.7. The second-order valence-electron chi connectivity index (χ2n) is 7.21. The minimum Gasteiger partial charge on any atom is -0.288 e. The normalized spacial score (nSPS) is 19.9. The van der Waals surface area contributed by atoms with Crippen molar-refractivity contribution in [2.24, 2.45) is 0 Å². The Kier molecular flexibility index (Phi) is 5.41. The molecule has 1 nitrogen and oxygen atoms in total. The lowest BCUT2D eigenvalue weighted by atomic mass is 9.87. The van der Waals surface area contributed by atoms with E-state index in [9.17, 15) is 0 Å². The molecule has 0 amide bonds. The standard InChI is InChI=1S/C24H24IN/c1-18-7-11-20(12-8-18)21-13-9-19(10-14-21)17-26-23(16-25)15-24(26)22-5-3-2-4-6-22/h2-14,23-24H,15-17H2,1H3/t23-,24+/m0/s1. The molecule has 2 atom stereocenters. The first-order valence-corrected chi connectivity index (χ1v) is 10.8. The zero-order chi connectivity index (χ0) is 17.9. The van der Waals surface area contributed by atoms with E-state index in [-0.39, 0.29) is 0 Å². The quantitative estimate of drug-likeness (QED) is 0.319. The monoisotopic (exact) mass is 453 g/mol.